The highest BCUT2D eigenvalue weighted by Crippen LogP contribution is 2.25. The highest BCUT2D eigenvalue weighted by atomic mass is 32.2. The number of nitrogens with one attached hydrogen (secondary N) is 1. The maximum atomic E-state index is 13.0. The van der Waals surface area contributed by atoms with Crippen LogP contribution in [0.15, 0.2) is 29.2 Å². The second-order valence-corrected chi connectivity index (χ2v) is 10.5. The zero-order valence-corrected chi connectivity index (χ0v) is 19.1. The molecule has 2 aliphatic heterocycles. The summed E-state index contributed by atoms with van der Waals surface area (Å²) in [6, 6.07) is 6.25. The average molecular weight is 451 g/mol. The van der Waals surface area contributed by atoms with Crippen molar-refractivity contribution < 1.29 is 18.0 Å². The lowest BCUT2D eigenvalue weighted by Crippen LogP contribution is -2.42. The van der Waals surface area contributed by atoms with Crippen LogP contribution in [0.2, 0.25) is 0 Å². The second-order valence-electron chi connectivity index (χ2n) is 8.64. The zero-order chi connectivity index (χ0) is 22.4. The Kier molecular flexibility index (Phi) is 8.07. The number of sulfonamides is 1. The first-order chi connectivity index (χ1) is 14.8. The van der Waals surface area contributed by atoms with E-state index in [0.29, 0.717) is 25.2 Å². The molecule has 2 atom stereocenters. The first-order valence-corrected chi connectivity index (χ1v) is 12.6. The summed E-state index contributed by atoms with van der Waals surface area (Å²) in [6.45, 7) is 5.33. The van der Waals surface area contributed by atoms with Gasteiger partial charge in [-0.15, -0.1) is 0 Å². The molecule has 2 unspecified atom stereocenters. The number of likely N-dealkylation sites (tertiary alicyclic amines) is 1. The Bertz CT molecular complexity index is 889. The van der Waals surface area contributed by atoms with Crippen molar-refractivity contribution >= 4 is 21.8 Å². The summed E-state index contributed by atoms with van der Waals surface area (Å²) in [7, 11) is -3.61. The number of amides is 2. The molecular weight excluding hydrogens is 416 g/mol. The lowest BCUT2D eigenvalue weighted by Gasteiger charge is -2.32. The lowest BCUT2D eigenvalue weighted by molar-refractivity contribution is -0.123. The van der Waals surface area contributed by atoms with Crippen molar-refractivity contribution in [3.05, 3.63) is 29.8 Å². The van der Waals surface area contributed by atoms with Crippen LogP contribution < -0.4 is 11.1 Å². The van der Waals surface area contributed by atoms with Crippen LogP contribution in [0, 0.1) is 5.92 Å². The molecule has 2 amide bonds. The highest BCUT2D eigenvalue weighted by Gasteiger charge is 2.31. The van der Waals surface area contributed by atoms with E-state index in [2.05, 4.69) is 10.2 Å². The molecule has 1 aromatic carbocycles. The minimum absolute atomic E-state index is 0.0276. The van der Waals surface area contributed by atoms with E-state index in [1.807, 2.05) is 6.92 Å². The molecule has 2 heterocycles. The largest absolute Gasteiger partial charge is 0.369 e. The summed E-state index contributed by atoms with van der Waals surface area (Å²) in [5, 5.41) is 2.87. The van der Waals surface area contributed by atoms with Gasteiger partial charge in [-0.05, 0) is 70.3 Å². The average Bonchev–Trinajstić information content (AvgIpc) is 2.77. The Morgan fingerprint density at radius 3 is 2.71 bits per heavy atom. The van der Waals surface area contributed by atoms with Crippen LogP contribution in [-0.2, 0) is 14.8 Å². The minimum atomic E-state index is -3.61. The fraction of sp³-hybridized carbons (Fsp3) is 0.636. The van der Waals surface area contributed by atoms with Crippen molar-refractivity contribution in [3.63, 3.8) is 0 Å². The highest BCUT2D eigenvalue weighted by molar-refractivity contribution is 7.89. The molecule has 0 aliphatic carbocycles. The van der Waals surface area contributed by atoms with E-state index in [0.717, 1.165) is 51.6 Å². The third-order valence-electron chi connectivity index (χ3n) is 6.29. The smallest absolute Gasteiger partial charge is 0.251 e. The fourth-order valence-electron chi connectivity index (χ4n) is 4.46. The van der Waals surface area contributed by atoms with E-state index in [1.165, 1.54) is 6.07 Å². The van der Waals surface area contributed by atoms with Crippen LogP contribution >= 0.6 is 0 Å². The number of benzene rings is 1. The first kappa shape index (κ1) is 23.7. The number of nitrogens with zero attached hydrogens (tertiary/aromatic N) is 2. The molecule has 31 heavy (non-hydrogen) atoms. The minimum Gasteiger partial charge on any atom is -0.369 e. The van der Waals surface area contributed by atoms with Gasteiger partial charge in [0, 0.05) is 31.2 Å². The number of hydrogen-bond donors (Lipinski definition) is 2. The van der Waals surface area contributed by atoms with Crippen molar-refractivity contribution in [1.82, 2.24) is 14.5 Å². The van der Waals surface area contributed by atoms with Crippen molar-refractivity contribution in [1.29, 1.82) is 0 Å². The molecule has 3 rings (SSSR count). The van der Waals surface area contributed by atoms with Gasteiger partial charge < -0.3 is 16.0 Å². The number of hydrogen-bond acceptors (Lipinski definition) is 5. The third-order valence-corrected chi connectivity index (χ3v) is 8.30. The summed E-state index contributed by atoms with van der Waals surface area (Å²) in [5.41, 5.74) is 5.76. The Labute approximate surface area is 185 Å². The molecule has 8 nitrogen and oxygen atoms in total. The normalized spacial score (nSPS) is 23.4. The van der Waals surface area contributed by atoms with Gasteiger partial charge >= 0.3 is 0 Å². The van der Waals surface area contributed by atoms with E-state index >= 15 is 0 Å². The van der Waals surface area contributed by atoms with Crippen LogP contribution in [0.25, 0.3) is 0 Å². The van der Waals surface area contributed by atoms with Gasteiger partial charge in [-0.2, -0.15) is 4.31 Å². The Hall–Kier alpha value is -1.97. The Morgan fingerprint density at radius 2 is 1.97 bits per heavy atom. The number of primary amides is 1. The molecule has 2 aliphatic rings. The van der Waals surface area contributed by atoms with Crippen LogP contribution in [0.3, 0.4) is 0 Å². The molecule has 0 saturated carbocycles. The molecule has 2 saturated heterocycles. The summed E-state index contributed by atoms with van der Waals surface area (Å²) in [6.07, 6.45) is 5.31. The molecule has 0 bridgehead atoms. The van der Waals surface area contributed by atoms with Gasteiger partial charge in [-0.1, -0.05) is 12.5 Å². The van der Waals surface area contributed by atoms with Gasteiger partial charge in [0.25, 0.3) is 5.91 Å². The van der Waals surface area contributed by atoms with Crippen LogP contribution in [0.4, 0.5) is 0 Å². The SMILES string of the molecule is CC1CCCCN1S(=O)(=O)c1cccc(C(=O)NCCCN2CCCC(C(N)=O)C2)c1. The summed E-state index contributed by atoms with van der Waals surface area (Å²) in [5.74, 6) is -0.611. The van der Waals surface area contributed by atoms with E-state index < -0.39 is 10.0 Å². The number of nitrogens with two attached hydrogens (primary N) is 1. The molecule has 172 valence electrons. The van der Waals surface area contributed by atoms with E-state index in [-0.39, 0.29) is 28.7 Å². The van der Waals surface area contributed by atoms with Gasteiger partial charge in [-0.3, -0.25) is 9.59 Å². The van der Waals surface area contributed by atoms with Crippen molar-refractivity contribution in [2.75, 3.05) is 32.7 Å². The molecule has 3 N–H and O–H groups in total. The third kappa shape index (κ3) is 6.05. The monoisotopic (exact) mass is 450 g/mol. The number of carbonyl (C=O) groups excluding carboxylic acids is 2. The molecule has 0 aromatic heterocycles. The molecular formula is C22H34N4O4S. The molecule has 0 spiro atoms. The van der Waals surface area contributed by atoms with Gasteiger partial charge in [-0.25, -0.2) is 8.42 Å². The first-order valence-electron chi connectivity index (χ1n) is 11.2. The van der Waals surface area contributed by atoms with Crippen LogP contribution in [0.5, 0.6) is 0 Å². The lowest BCUT2D eigenvalue weighted by atomic mass is 9.97. The molecule has 2 fully saturated rings. The van der Waals surface area contributed by atoms with Gasteiger partial charge in [0.1, 0.15) is 0 Å². The van der Waals surface area contributed by atoms with Crippen molar-refractivity contribution in [2.24, 2.45) is 11.7 Å². The molecule has 9 heteroatoms. The number of piperidine rings is 2. The number of carbonyl (C=O) groups is 2. The zero-order valence-electron chi connectivity index (χ0n) is 18.3. The van der Waals surface area contributed by atoms with Crippen LogP contribution in [0.1, 0.15) is 55.8 Å². The van der Waals surface area contributed by atoms with E-state index in [4.69, 9.17) is 5.73 Å². The summed E-state index contributed by atoms with van der Waals surface area (Å²) >= 11 is 0. The van der Waals surface area contributed by atoms with E-state index in [1.54, 1.807) is 22.5 Å². The van der Waals surface area contributed by atoms with Crippen molar-refractivity contribution in [3.8, 4) is 0 Å². The maximum Gasteiger partial charge on any atom is 0.251 e. The van der Waals surface area contributed by atoms with Gasteiger partial charge in [0.05, 0.1) is 10.8 Å². The Balaban J connectivity index is 1.52. The van der Waals surface area contributed by atoms with Gasteiger partial charge in [0.2, 0.25) is 15.9 Å². The molecule has 1 aromatic rings. The summed E-state index contributed by atoms with van der Waals surface area (Å²) < 4.78 is 27.6. The van der Waals surface area contributed by atoms with Crippen LogP contribution in [-0.4, -0.2) is 68.2 Å². The quantitative estimate of drug-likeness (QED) is 0.584. The number of rotatable bonds is 8. The standard InChI is InChI=1S/C22H34N4O4S/c1-17-7-2-3-14-26(17)31(29,30)20-10-4-8-18(15-20)22(28)24-11-6-13-25-12-5-9-19(16-25)21(23)27/h4,8,10,15,17,19H,2-3,5-7,9,11-14,16H2,1H3,(H2,23,27)(H,24,28). The van der Waals surface area contributed by atoms with E-state index in [9.17, 15) is 18.0 Å². The predicted molar refractivity (Wildman–Crippen MR) is 119 cm³/mol. The van der Waals surface area contributed by atoms with Gasteiger partial charge in [0.15, 0.2) is 0 Å². The molecule has 0 radical (unpaired) electrons. The second kappa shape index (κ2) is 10.6. The Morgan fingerprint density at radius 1 is 1.16 bits per heavy atom. The fourth-order valence-corrected chi connectivity index (χ4v) is 6.21. The topological polar surface area (TPSA) is 113 Å². The van der Waals surface area contributed by atoms with Crippen molar-refractivity contribution in [2.45, 2.75) is 56.4 Å². The summed E-state index contributed by atoms with van der Waals surface area (Å²) in [4.78, 5) is 26.3. The predicted octanol–water partition coefficient (Wildman–Crippen LogP) is 1.57. The maximum absolute atomic E-state index is 13.0.